The highest BCUT2D eigenvalue weighted by Gasteiger charge is 2.18. The van der Waals surface area contributed by atoms with E-state index in [1.165, 1.54) is 5.56 Å². The number of nitrogens with one attached hydrogen (secondary N) is 2. The predicted molar refractivity (Wildman–Crippen MR) is 106 cm³/mol. The van der Waals surface area contributed by atoms with Crippen molar-refractivity contribution in [2.45, 2.75) is 26.2 Å². The van der Waals surface area contributed by atoms with Gasteiger partial charge in [0.05, 0.1) is 6.20 Å². The SMILES string of the molecule is CC(C)(C)c1ccccc1Nc1nncc(Nc2cccc(Br)c2)n1. The Morgan fingerprint density at radius 1 is 0.960 bits per heavy atom. The summed E-state index contributed by atoms with van der Waals surface area (Å²) < 4.78 is 0.997. The zero-order valence-corrected chi connectivity index (χ0v) is 16.0. The summed E-state index contributed by atoms with van der Waals surface area (Å²) in [6.07, 6.45) is 1.60. The van der Waals surface area contributed by atoms with Gasteiger partial charge in [0.2, 0.25) is 5.95 Å². The molecule has 2 aromatic carbocycles. The normalized spacial score (nSPS) is 11.2. The van der Waals surface area contributed by atoms with Crippen molar-refractivity contribution in [3.63, 3.8) is 0 Å². The molecule has 2 N–H and O–H groups in total. The summed E-state index contributed by atoms with van der Waals surface area (Å²) in [4.78, 5) is 4.51. The van der Waals surface area contributed by atoms with E-state index in [4.69, 9.17) is 0 Å². The number of hydrogen-bond acceptors (Lipinski definition) is 5. The summed E-state index contributed by atoms with van der Waals surface area (Å²) in [6, 6.07) is 16.0. The molecule has 0 amide bonds. The second kappa shape index (κ2) is 7.19. The van der Waals surface area contributed by atoms with Crippen LogP contribution in [-0.2, 0) is 5.41 Å². The van der Waals surface area contributed by atoms with Crippen LogP contribution in [0.1, 0.15) is 26.3 Å². The minimum absolute atomic E-state index is 0.0171. The molecular formula is C19H20BrN5. The van der Waals surface area contributed by atoms with Gasteiger partial charge in [0, 0.05) is 15.8 Å². The van der Waals surface area contributed by atoms with E-state index in [1.807, 2.05) is 42.5 Å². The zero-order valence-electron chi connectivity index (χ0n) is 14.4. The highest BCUT2D eigenvalue weighted by atomic mass is 79.9. The van der Waals surface area contributed by atoms with Gasteiger partial charge in [-0.15, -0.1) is 5.10 Å². The molecule has 0 atom stereocenters. The standard InChI is InChI=1S/C19H20BrN5/c1-19(2,3)15-9-4-5-10-16(15)23-18-24-17(12-21-25-18)22-14-8-6-7-13(20)11-14/h4-12H,1-3H3,(H2,22,23,24,25). The Labute approximate surface area is 156 Å². The Bertz CT molecular complexity index is 873. The third-order valence-electron chi connectivity index (χ3n) is 3.64. The van der Waals surface area contributed by atoms with Crippen LogP contribution in [0.3, 0.4) is 0 Å². The monoisotopic (exact) mass is 397 g/mol. The van der Waals surface area contributed by atoms with Crippen molar-refractivity contribution in [2.75, 3.05) is 10.6 Å². The van der Waals surface area contributed by atoms with E-state index in [0.29, 0.717) is 11.8 Å². The largest absolute Gasteiger partial charge is 0.339 e. The van der Waals surface area contributed by atoms with Crippen molar-refractivity contribution in [3.05, 3.63) is 64.8 Å². The van der Waals surface area contributed by atoms with Crippen LogP contribution in [0, 0.1) is 0 Å². The maximum atomic E-state index is 4.51. The summed E-state index contributed by atoms with van der Waals surface area (Å²) >= 11 is 3.46. The smallest absolute Gasteiger partial charge is 0.249 e. The Morgan fingerprint density at radius 3 is 2.52 bits per heavy atom. The molecule has 128 valence electrons. The molecule has 0 aliphatic rings. The summed E-state index contributed by atoms with van der Waals surface area (Å²) in [5, 5.41) is 14.7. The number of halogens is 1. The van der Waals surface area contributed by atoms with Crippen molar-refractivity contribution < 1.29 is 0 Å². The van der Waals surface area contributed by atoms with Gasteiger partial charge in [-0.3, -0.25) is 0 Å². The topological polar surface area (TPSA) is 62.7 Å². The highest BCUT2D eigenvalue weighted by Crippen LogP contribution is 2.30. The second-order valence-corrected chi connectivity index (χ2v) is 7.64. The molecule has 0 saturated heterocycles. The average Bonchev–Trinajstić information content (AvgIpc) is 2.55. The molecular weight excluding hydrogens is 378 g/mol. The van der Waals surface area contributed by atoms with Crippen LogP contribution in [0.15, 0.2) is 59.2 Å². The quantitative estimate of drug-likeness (QED) is 0.615. The van der Waals surface area contributed by atoms with Gasteiger partial charge in [-0.1, -0.05) is 61.0 Å². The molecule has 25 heavy (non-hydrogen) atoms. The van der Waals surface area contributed by atoms with Crippen molar-refractivity contribution in [1.82, 2.24) is 15.2 Å². The van der Waals surface area contributed by atoms with E-state index in [-0.39, 0.29) is 5.41 Å². The number of aromatic nitrogens is 3. The molecule has 0 aliphatic carbocycles. The van der Waals surface area contributed by atoms with E-state index in [0.717, 1.165) is 15.8 Å². The van der Waals surface area contributed by atoms with E-state index in [9.17, 15) is 0 Å². The first-order chi connectivity index (χ1) is 11.9. The number of hydrogen-bond donors (Lipinski definition) is 2. The summed E-state index contributed by atoms with van der Waals surface area (Å²) in [5.74, 6) is 1.08. The molecule has 5 nitrogen and oxygen atoms in total. The number of para-hydroxylation sites is 1. The Hall–Kier alpha value is -2.47. The summed E-state index contributed by atoms with van der Waals surface area (Å²) in [7, 11) is 0. The zero-order chi connectivity index (χ0) is 17.9. The van der Waals surface area contributed by atoms with Gasteiger partial charge < -0.3 is 10.6 Å². The van der Waals surface area contributed by atoms with Crippen molar-refractivity contribution in [1.29, 1.82) is 0 Å². The van der Waals surface area contributed by atoms with Gasteiger partial charge in [-0.2, -0.15) is 10.1 Å². The molecule has 0 bridgehead atoms. The lowest BCUT2D eigenvalue weighted by molar-refractivity contribution is 0.592. The third kappa shape index (κ3) is 4.54. The van der Waals surface area contributed by atoms with Crippen LogP contribution in [0.5, 0.6) is 0 Å². The van der Waals surface area contributed by atoms with Crippen molar-refractivity contribution in [2.24, 2.45) is 0 Å². The molecule has 0 saturated carbocycles. The summed E-state index contributed by atoms with van der Waals surface area (Å²) in [5.41, 5.74) is 3.12. The maximum Gasteiger partial charge on any atom is 0.249 e. The van der Waals surface area contributed by atoms with Gasteiger partial charge >= 0.3 is 0 Å². The van der Waals surface area contributed by atoms with Crippen LogP contribution >= 0.6 is 15.9 Å². The molecule has 6 heteroatoms. The van der Waals surface area contributed by atoms with Gasteiger partial charge in [0.25, 0.3) is 0 Å². The van der Waals surface area contributed by atoms with Crippen molar-refractivity contribution in [3.8, 4) is 0 Å². The molecule has 0 spiro atoms. The second-order valence-electron chi connectivity index (χ2n) is 6.72. The third-order valence-corrected chi connectivity index (χ3v) is 4.13. The fraction of sp³-hybridized carbons (Fsp3) is 0.211. The maximum absolute atomic E-state index is 4.51. The number of nitrogens with zero attached hydrogens (tertiary/aromatic N) is 3. The molecule has 0 unspecified atom stereocenters. The minimum Gasteiger partial charge on any atom is -0.339 e. The lowest BCUT2D eigenvalue weighted by Gasteiger charge is -2.22. The first kappa shape index (κ1) is 17.4. The number of rotatable bonds is 4. The van der Waals surface area contributed by atoms with Crippen molar-refractivity contribution >= 4 is 39.1 Å². The Balaban J connectivity index is 1.83. The van der Waals surface area contributed by atoms with E-state index in [2.05, 4.69) is 68.6 Å². The van der Waals surface area contributed by atoms with Gasteiger partial charge in [-0.05, 0) is 35.2 Å². The van der Waals surface area contributed by atoms with Crippen LogP contribution < -0.4 is 10.6 Å². The van der Waals surface area contributed by atoms with Crippen LogP contribution in [-0.4, -0.2) is 15.2 Å². The molecule has 0 aliphatic heterocycles. The summed E-state index contributed by atoms with van der Waals surface area (Å²) in [6.45, 7) is 6.54. The van der Waals surface area contributed by atoms with Crippen LogP contribution in [0.4, 0.5) is 23.1 Å². The van der Waals surface area contributed by atoms with E-state index >= 15 is 0 Å². The molecule has 0 fully saturated rings. The van der Waals surface area contributed by atoms with Crippen LogP contribution in [0.2, 0.25) is 0 Å². The molecule has 1 aromatic heterocycles. The average molecular weight is 398 g/mol. The van der Waals surface area contributed by atoms with Gasteiger partial charge in [0.1, 0.15) is 0 Å². The molecule has 3 aromatic rings. The first-order valence-corrected chi connectivity index (χ1v) is 8.80. The number of anilines is 4. The molecule has 1 heterocycles. The lowest BCUT2D eigenvalue weighted by atomic mass is 9.86. The fourth-order valence-electron chi connectivity index (χ4n) is 2.50. The number of benzene rings is 2. The first-order valence-electron chi connectivity index (χ1n) is 8.01. The Kier molecular flexibility index (Phi) is 4.99. The van der Waals surface area contributed by atoms with E-state index < -0.39 is 0 Å². The minimum atomic E-state index is 0.0171. The van der Waals surface area contributed by atoms with E-state index in [1.54, 1.807) is 6.20 Å². The molecule has 3 rings (SSSR count). The van der Waals surface area contributed by atoms with Gasteiger partial charge in [0.15, 0.2) is 5.82 Å². The van der Waals surface area contributed by atoms with Gasteiger partial charge in [-0.25, -0.2) is 0 Å². The molecule has 0 radical (unpaired) electrons. The highest BCUT2D eigenvalue weighted by molar-refractivity contribution is 9.10. The fourth-order valence-corrected chi connectivity index (χ4v) is 2.90. The Morgan fingerprint density at radius 2 is 1.76 bits per heavy atom. The predicted octanol–water partition coefficient (Wildman–Crippen LogP) is 5.42. The lowest BCUT2D eigenvalue weighted by Crippen LogP contribution is -2.14. The van der Waals surface area contributed by atoms with Crippen LogP contribution in [0.25, 0.3) is 0 Å².